The van der Waals surface area contributed by atoms with E-state index in [9.17, 15) is 4.79 Å². The van der Waals surface area contributed by atoms with E-state index in [0.29, 0.717) is 12.3 Å². The third kappa shape index (κ3) is 2.96. The number of benzene rings is 1. The Bertz CT molecular complexity index is 470. The summed E-state index contributed by atoms with van der Waals surface area (Å²) in [5.74, 6) is 1.08. The Kier molecular flexibility index (Phi) is 4.33. The van der Waals surface area contributed by atoms with Gasteiger partial charge in [-0.05, 0) is 43.5 Å². The summed E-state index contributed by atoms with van der Waals surface area (Å²) < 4.78 is 5.97. The topological polar surface area (TPSA) is 64.3 Å². The normalized spacial score (nSPS) is 25.9. The molecule has 3 N–H and O–H groups in total. The van der Waals surface area contributed by atoms with Crippen molar-refractivity contribution >= 4 is 5.91 Å². The van der Waals surface area contributed by atoms with Crippen LogP contribution in [0.15, 0.2) is 24.3 Å². The standard InChI is InChI=1S/C16H24N2O2/c1-11(2)12-4-6-13(7-5-12)20-14-8-9-16(10-14,18-3)15(17)19/h4-7,11,14,18H,8-10H2,1-3H3,(H2,17,19). The van der Waals surface area contributed by atoms with Gasteiger partial charge in [0, 0.05) is 6.42 Å². The molecule has 4 nitrogen and oxygen atoms in total. The minimum Gasteiger partial charge on any atom is -0.490 e. The smallest absolute Gasteiger partial charge is 0.237 e. The number of likely N-dealkylation sites (N-methyl/N-ethyl adjacent to an activating group) is 1. The Morgan fingerprint density at radius 3 is 2.50 bits per heavy atom. The number of rotatable bonds is 5. The molecule has 20 heavy (non-hydrogen) atoms. The van der Waals surface area contributed by atoms with Gasteiger partial charge in [-0.15, -0.1) is 0 Å². The van der Waals surface area contributed by atoms with E-state index in [1.165, 1.54) is 5.56 Å². The second kappa shape index (κ2) is 5.83. The maximum absolute atomic E-state index is 11.6. The molecule has 2 unspecified atom stereocenters. The zero-order valence-electron chi connectivity index (χ0n) is 12.5. The molecular formula is C16H24N2O2. The lowest BCUT2D eigenvalue weighted by Crippen LogP contribution is -2.52. The summed E-state index contributed by atoms with van der Waals surface area (Å²) in [6.45, 7) is 4.34. The first-order chi connectivity index (χ1) is 9.47. The van der Waals surface area contributed by atoms with E-state index in [1.54, 1.807) is 7.05 Å². The van der Waals surface area contributed by atoms with Crippen molar-refractivity contribution in [2.24, 2.45) is 5.73 Å². The third-order valence-electron chi connectivity index (χ3n) is 4.27. The molecule has 1 saturated carbocycles. The SMILES string of the molecule is CNC1(C(N)=O)CCC(Oc2ccc(C(C)C)cc2)C1. The molecule has 1 aliphatic rings. The average Bonchev–Trinajstić information content (AvgIpc) is 2.84. The van der Waals surface area contributed by atoms with Crippen molar-refractivity contribution in [2.45, 2.75) is 50.7 Å². The van der Waals surface area contributed by atoms with Gasteiger partial charge in [-0.25, -0.2) is 0 Å². The highest BCUT2D eigenvalue weighted by atomic mass is 16.5. The first kappa shape index (κ1) is 14.9. The average molecular weight is 276 g/mol. The lowest BCUT2D eigenvalue weighted by Gasteiger charge is -2.24. The Morgan fingerprint density at radius 2 is 2.05 bits per heavy atom. The van der Waals surface area contributed by atoms with E-state index in [1.807, 2.05) is 12.1 Å². The number of carbonyl (C=O) groups is 1. The number of nitrogens with two attached hydrogens (primary N) is 1. The van der Waals surface area contributed by atoms with Crippen LogP contribution in [0, 0.1) is 0 Å². The van der Waals surface area contributed by atoms with Crippen LogP contribution in [0.25, 0.3) is 0 Å². The minimum atomic E-state index is -0.609. The molecule has 2 atom stereocenters. The molecule has 2 rings (SSSR count). The van der Waals surface area contributed by atoms with E-state index in [2.05, 4.69) is 31.3 Å². The molecular weight excluding hydrogens is 252 g/mol. The Balaban J connectivity index is 2.00. The van der Waals surface area contributed by atoms with Crippen molar-refractivity contribution in [2.75, 3.05) is 7.05 Å². The predicted octanol–water partition coefficient (Wildman–Crippen LogP) is 2.18. The molecule has 0 heterocycles. The first-order valence-corrected chi connectivity index (χ1v) is 7.22. The molecule has 1 fully saturated rings. The molecule has 4 heteroatoms. The Hall–Kier alpha value is -1.55. The van der Waals surface area contributed by atoms with Crippen LogP contribution < -0.4 is 15.8 Å². The van der Waals surface area contributed by atoms with Crippen molar-refractivity contribution in [3.63, 3.8) is 0 Å². The summed E-state index contributed by atoms with van der Waals surface area (Å²) in [5, 5.41) is 3.06. The van der Waals surface area contributed by atoms with Crippen LogP contribution in [-0.4, -0.2) is 24.6 Å². The molecule has 1 aromatic carbocycles. The zero-order valence-corrected chi connectivity index (χ0v) is 12.5. The number of hydrogen-bond acceptors (Lipinski definition) is 3. The van der Waals surface area contributed by atoms with Crippen LogP contribution >= 0.6 is 0 Å². The lowest BCUT2D eigenvalue weighted by atomic mass is 9.97. The van der Waals surface area contributed by atoms with Crippen LogP contribution in [-0.2, 0) is 4.79 Å². The fourth-order valence-electron chi connectivity index (χ4n) is 2.80. The second-order valence-corrected chi connectivity index (χ2v) is 5.90. The van der Waals surface area contributed by atoms with Gasteiger partial charge in [0.05, 0.1) is 0 Å². The molecule has 1 aromatic rings. The minimum absolute atomic E-state index is 0.0415. The van der Waals surface area contributed by atoms with Crippen LogP contribution in [0.1, 0.15) is 44.6 Å². The van der Waals surface area contributed by atoms with Gasteiger partial charge in [0.2, 0.25) is 5.91 Å². The molecule has 0 bridgehead atoms. The van der Waals surface area contributed by atoms with Crippen molar-refractivity contribution in [3.05, 3.63) is 29.8 Å². The van der Waals surface area contributed by atoms with Crippen molar-refractivity contribution in [1.82, 2.24) is 5.32 Å². The maximum Gasteiger partial charge on any atom is 0.237 e. The number of hydrogen-bond donors (Lipinski definition) is 2. The molecule has 0 aromatic heterocycles. The van der Waals surface area contributed by atoms with E-state index < -0.39 is 5.54 Å². The summed E-state index contributed by atoms with van der Waals surface area (Å²) in [6.07, 6.45) is 2.24. The van der Waals surface area contributed by atoms with Gasteiger partial charge in [0.15, 0.2) is 0 Å². The molecule has 0 aliphatic heterocycles. The first-order valence-electron chi connectivity index (χ1n) is 7.22. The lowest BCUT2D eigenvalue weighted by molar-refractivity contribution is -0.124. The van der Waals surface area contributed by atoms with Crippen LogP contribution in [0.5, 0.6) is 5.75 Å². The predicted molar refractivity (Wildman–Crippen MR) is 79.8 cm³/mol. The van der Waals surface area contributed by atoms with E-state index in [4.69, 9.17) is 10.5 Å². The largest absolute Gasteiger partial charge is 0.490 e. The monoisotopic (exact) mass is 276 g/mol. The number of amides is 1. The van der Waals surface area contributed by atoms with Crippen LogP contribution in [0.4, 0.5) is 0 Å². The van der Waals surface area contributed by atoms with E-state index in [-0.39, 0.29) is 12.0 Å². The van der Waals surface area contributed by atoms with Crippen molar-refractivity contribution in [3.8, 4) is 5.75 Å². The summed E-state index contributed by atoms with van der Waals surface area (Å²) >= 11 is 0. The molecule has 1 aliphatic carbocycles. The second-order valence-electron chi connectivity index (χ2n) is 5.90. The Labute approximate surface area is 120 Å². The molecule has 1 amide bonds. The maximum atomic E-state index is 11.6. The van der Waals surface area contributed by atoms with Gasteiger partial charge in [-0.1, -0.05) is 26.0 Å². The number of nitrogens with one attached hydrogen (secondary N) is 1. The van der Waals surface area contributed by atoms with Crippen LogP contribution in [0.2, 0.25) is 0 Å². The fourth-order valence-corrected chi connectivity index (χ4v) is 2.80. The molecule has 0 saturated heterocycles. The number of ether oxygens (including phenoxy) is 1. The van der Waals surface area contributed by atoms with Gasteiger partial charge >= 0.3 is 0 Å². The van der Waals surface area contributed by atoms with E-state index in [0.717, 1.165) is 18.6 Å². The van der Waals surface area contributed by atoms with Crippen molar-refractivity contribution in [1.29, 1.82) is 0 Å². The highest BCUT2D eigenvalue weighted by Crippen LogP contribution is 2.32. The van der Waals surface area contributed by atoms with Gasteiger partial charge in [-0.2, -0.15) is 0 Å². The quantitative estimate of drug-likeness (QED) is 0.866. The number of carbonyl (C=O) groups excluding carboxylic acids is 1. The number of primary amides is 1. The molecule has 0 spiro atoms. The zero-order chi connectivity index (χ0) is 14.8. The van der Waals surface area contributed by atoms with Gasteiger partial charge in [-0.3, -0.25) is 4.79 Å². The third-order valence-corrected chi connectivity index (χ3v) is 4.27. The summed E-state index contributed by atoms with van der Waals surface area (Å²) in [6, 6.07) is 8.18. The van der Waals surface area contributed by atoms with Gasteiger partial charge < -0.3 is 15.8 Å². The molecule has 0 radical (unpaired) electrons. The highest BCUT2D eigenvalue weighted by Gasteiger charge is 2.43. The Morgan fingerprint density at radius 1 is 1.40 bits per heavy atom. The van der Waals surface area contributed by atoms with Gasteiger partial charge in [0.25, 0.3) is 0 Å². The summed E-state index contributed by atoms with van der Waals surface area (Å²) in [5.41, 5.74) is 6.18. The molecule has 110 valence electrons. The summed E-state index contributed by atoms with van der Waals surface area (Å²) in [4.78, 5) is 11.6. The van der Waals surface area contributed by atoms with Crippen molar-refractivity contribution < 1.29 is 9.53 Å². The summed E-state index contributed by atoms with van der Waals surface area (Å²) in [7, 11) is 1.78. The van der Waals surface area contributed by atoms with Crippen LogP contribution in [0.3, 0.4) is 0 Å². The fraction of sp³-hybridized carbons (Fsp3) is 0.562. The van der Waals surface area contributed by atoms with Gasteiger partial charge in [0.1, 0.15) is 17.4 Å². The highest BCUT2D eigenvalue weighted by molar-refractivity contribution is 5.85. The van der Waals surface area contributed by atoms with E-state index >= 15 is 0 Å².